The molecule has 2 N–H and O–H groups in total. The van der Waals surface area contributed by atoms with Crippen molar-refractivity contribution in [1.82, 2.24) is 15.3 Å². The molecule has 2 heterocycles. The lowest BCUT2D eigenvalue weighted by Crippen LogP contribution is -2.34. The molecular weight excluding hydrogens is 496 g/mol. The number of aryl methyl sites for hydroxylation is 1. The van der Waals surface area contributed by atoms with Crippen LogP contribution in [0.3, 0.4) is 0 Å². The van der Waals surface area contributed by atoms with Crippen LogP contribution in [0.4, 0.5) is 17.5 Å². The lowest BCUT2D eigenvalue weighted by atomic mass is 9.86. The predicted octanol–water partition coefficient (Wildman–Crippen LogP) is 5.57. The molecular formula is C29H32N6O4. The molecule has 0 radical (unpaired) electrons. The number of nitro benzene ring substituents is 1. The maximum atomic E-state index is 12.7. The first-order chi connectivity index (χ1) is 18.8. The molecule has 1 aliphatic carbocycles. The van der Waals surface area contributed by atoms with E-state index in [4.69, 9.17) is 14.4 Å². The number of furan rings is 1. The van der Waals surface area contributed by atoms with Crippen LogP contribution in [0.1, 0.15) is 41.8 Å². The molecule has 0 unspecified atom stereocenters. The fourth-order valence-electron chi connectivity index (χ4n) is 5.09. The van der Waals surface area contributed by atoms with Crippen LogP contribution < -0.4 is 15.5 Å². The van der Waals surface area contributed by atoms with Crippen LogP contribution in [0.2, 0.25) is 0 Å². The van der Waals surface area contributed by atoms with Gasteiger partial charge in [-0.2, -0.15) is 4.98 Å². The molecule has 1 fully saturated rings. The van der Waals surface area contributed by atoms with Crippen molar-refractivity contribution in [2.24, 2.45) is 5.92 Å². The number of hydrogen-bond donors (Lipinski definition) is 2. The highest BCUT2D eigenvalue weighted by atomic mass is 16.6. The number of aromatic nitrogens is 2. The molecule has 0 atom stereocenters. The van der Waals surface area contributed by atoms with E-state index in [1.807, 2.05) is 43.3 Å². The van der Waals surface area contributed by atoms with Crippen molar-refractivity contribution in [3.63, 3.8) is 0 Å². The molecule has 1 aliphatic rings. The first kappa shape index (κ1) is 26.1. The lowest BCUT2D eigenvalue weighted by Gasteiger charge is -2.29. The zero-order valence-electron chi connectivity index (χ0n) is 22.3. The van der Waals surface area contributed by atoms with Crippen LogP contribution in [0.5, 0.6) is 0 Å². The summed E-state index contributed by atoms with van der Waals surface area (Å²) in [6.07, 6.45) is 3.84. The summed E-state index contributed by atoms with van der Waals surface area (Å²) in [5.74, 6) is 1.99. The van der Waals surface area contributed by atoms with Gasteiger partial charge in [-0.05, 0) is 74.4 Å². The third-order valence-electron chi connectivity index (χ3n) is 7.18. The zero-order chi connectivity index (χ0) is 27.5. The van der Waals surface area contributed by atoms with Crippen molar-refractivity contribution in [1.29, 1.82) is 0 Å². The molecule has 2 aromatic heterocycles. The Morgan fingerprint density at radius 1 is 1.08 bits per heavy atom. The van der Waals surface area contributed by atoms with Crippen LogP contribution in [-0.2, 0) is 0 Å². The second-order valence-corrected chi connectivity index (χ2v) is 10.3. The SMILES string of the molecule is Cc1ccc(-c2ccc(C(=O)NCC3CCC(Nc4nc(N(C)C)c5ccccc5n4)CC3)o2)c([N+](=O)[O-])c1. The van der Waals surface area contributed by atoms with E-state index in [9.17, 15) is 14.9 Å². The Balaban J connectivity index is 1.15. The Labute approximate surface area is 226 Å². The maximum Gasteiger partial charge on any atom is 0.287 e. The second-order valence-electron chi connectivity index (χ2n) is 10.3. The topological polar surface area (TPSA) is 126 Å². The number of benzene rings is 2. The standard InChI is InChI=1S/C29H32N6O4/c1-18-8-13-22(24(16-18)35(37)38)25-14-15-26(39-25)28(36)30-17-19-9-11-20(12-10-19)31-29-32-23-7-5-4-6-21(23)27(33-29)34(2)3/h4-8,13-16,19-20H,9-12,17H2,1-3H3,(H,30,36)(H,31,32,33). The Bertz CT molecular complexity index is 1510. The summed E-state index contributed by atoms with van der Waals surface area (Å²) in [7, 11) is 3.96. The van der Waals surface area contributed by atoms with Crippen LogP contribution in [0.25, 0.3) is 22.2 Å². The van der Waals surface area contributed by atoms with Gasteiger partial charge in [-0.25, -0.2) is 4.98 Å². The summed E-state index contributed by atoms with van der Waals surface area (Å²) in [5.41, 5.74) is 1.99. The normalized spacial score (nSPS) is 17.1. The summed E-state index contributed by atoms with van der Waals surface area (Å²) in [6.45, 7) is 2.34. The van der Waals surface area contributed by atoms with E-state index in [1.54, 1.807) is 31.2 Å². The van der Waals surface area contributed by atoms with Gasteiger partial charge in [0.2, 0.25) is 5.95 Å². The molecule has 10 nitrogen and oxygen atoms in total. The van der Waals surface area contributed by atoms with Gasteiger partial charge in [-0.3, -0.25) is 14.9 Å². The van der Waals surface area contributed by atoms with Crippen molar-refractivity contribution >= 4 is 34.3 Å². The van der Waals surface area contributed by atoms with Gasteiger partial charge in [-0.15, -0.1) is 0 Å². The smallest absolute Gasteiger partial charge is 0.287 e. The number of nitrogens with zero attached hydrogens (tertiary/aromatic N) is 4. The lowest BCUT2D eigenvalue weighted by molar-refractivity contribution is -0.384. The Morgan fingerprint density at radius 3 is 2.59 bits per heavy atom. The highest BCUT2D eigenvalue weighted by Crippen LogP contribution is 2.32. The first-order valence-electron chi connectivity index (χ1n) is 13.1. The van der Waals surface area contributed by atoms with E-state index >= 15 is 0 Å². The molecule has 39 heavy (non-hydrogen) atoms. The van der Waals surface area contributed by atoms with E-state index in [-0.39, 0.29) is 23.4 Å². The fourth-order valence-corrected chi connectivity index (χ4v) is 5.09. The molecule has 2 aromatic carbocycles. The fraction of sp³-hybridized carbons (Fsp3) is 0.345. The quantitative estimate of drug-likeness (QED) is 0.224. The minimum Gasteiger partial charge on any atom is -0.451 e. The molecule has 0 bridgehead atoms. The van der Waals surface area contributed by atoms with Crippen LogP contribution in [0, 0.1) is 23.0 Å². The Kier molecular flexibility index (Phi) is 7.44. The zero-order valence-corrected chi connectivity index (χ0v) is 22.3. The number of fused-ring (bicyclic) bond motifs is 1. The van der Waals surface area contributed by atoms with Crippen molar-refractivity contribution < 1.29 is 14.1 Å². The van der Waals surface area contributed by atoms with Crippen molar-refractivity contribution in [3.05, 3.63) is 76.0 Å². The van der Waals surface area contributed by atoms with Gasteiger partial charge in [0.25, 0.3) is 11.6 Å². The summed E-state index contributed by atoms with van der Waals surface area (Å²) >= 11 is 0. The average molecular weight is 529 g/mol. The van der Waals surface area contributed by atoms with Gasteiger partial charge in [0.05, 0.1) is 16.0 Å². The number of carbonyl (C=O) groups is 1. The molecule has 0 saturated heterocycles. The third-order valence-corrected chi connectivity index (χ3v) is 7.18. The van der Waals surface area contributed by atoms with Crippen LogP contribution in [-0.4, -0.2) is 47.5 Å². The maximum absolute atomic E-state index is 12.7. The minimum absolute atomic E-state index is 0.0475. The van der Waals surface area contributed by atoms with E-state index in [0.29, 0.717) is 29.7 Å². The van der Waals surface area contributed by atoms with Gasteiger partial charge in [-0.1, -0.05) is 18.2 Å². The summed E-state index contributed by atoms with van der Waals surface area (Å²) in [4.78, 5) is 35.2. The average Bonchev–Trinajstić information content (AvgIpc) is 3.42. The van der Waals surface area contributed by atoms with Crippen LogP contribution >= 0.6 is 0 Å². The van der Waals surface area contributed by atoms with Gasteiger partial charge < -0.3 is 20.0 Å². The number of anilines is 2. The van der Waals surface area contributed by atoms with Crippen molar-refractivity contribution in [3.8, 4) is 11.3 Å². The minimum atomic E-state index is -0.441. The molecule has 1 amide bonds. The van der Waals surface area contributed by atoms with Gasteiger partial charge in [0.15, 0.2) is 5.76 Å². The Hall–Kier alpha value is -4.47. The van der Waals surface area contributed by atoms with E-state index in [1.165, 1.54) is 6.07 Å². The van der Waals surface area contributed by atoms with Crippen LogP contribution in [0.15, 0.2) is 59.0 Å². The van der Waals surface area contributed by atoms with E-state index < -0.39 is 4.92 Å². The number of hydrogen-bond acceptors (Lipinski definition) is 8. The predicted molar refractivity (Wildman–Crippen MR) is 151 cm³/mol. The second kappa shape index (κ2) is 11.1. The molecule has 0 aliphatic heterocycles. The number of carbonyl (C=O) groups excluding carboxylic acids is 1. The summed E-state index contributed by atoms with van der Waals surface area (Å²) < 4.78 is 5.70. The number of rotatable bonds is 8. The van der Waals surface area contributed by atoms with Crippen molar-refractivity contribution in [2.75, 3.05) is 30.9 Å². The number of para-hydroxylation sites is 1. The van der Waals surface area contributed by atoms with E-state index in [2.05, 4.69) is 10.6 Å². The molecule has 10 heteroatoms. The highest BCUT2D eigenvalue weighted by Gasteiger charge is 2.24. The molecule has 5 rings (SSSR count). The van der Waals surface area contributed by atoms with Crippen molar-refractivity contribution in [2.45, 2.75) is 38.6 Å². The summed E-state index contributed by atoms with van der Waals surface area (Å²) in [5, 5.41) is 19.0. The first-order valence-corrected chi connectivity index (χ1v) is 13.1. The summed E-state index contributed by atoms with van der Waals surface area (Å²) in [6, 6.07) is 16.3. The molecule has 1 saturated carbocycles. The monoisotopic (exact) mass is 528 g/mol. The van der Waals surface area contributed by atoms with Gasteiger partial charge in [0, 0.05) is 38.1 Å². The molecule has 4 aromatic rings. The molecule has 202 valence electrons. The highest BCUT2D eigenvalue weighted by molar-refractivity contribution is 5.92. The third kappa shape index (κ3) is 5.84. The number of amides is 1. The Morgan fingerprint density at radius 2 is 1.85 bits per heavy atom. The number of nitrogens with one attached hydrogen (secondary N) is 2. The van der Waals surface area contributed by atoms with Gasteiger partial charge in [0.1, 0.15) is 11.6 Å². The largest absolute Gasteiger partial charge is 0.451 e. The number of nitro groups is 1. The van der Waals surface area contributed by atoms with E-state index in [0.717, 1.165) is 48.0 Å². The van der Waals surface area contributed by atoms with Gasteiger partial charge >= 0.3 is 0 Å². The molecule has 0 spiro atoms.